The molecule has 0 spiro atoms. The number of ether oxygens (including phenoxy) is 1. The molecule has 1 aliphatic heterocycles. The first-order valence-corrected chi connectivity index (χ1v) is 6.30. The lowest BCUT2D eigenvalue weighted by Gasteiger charge is -2.27. The van der Waals surface area contributed by atoms with E-state index in [1.165, 1.54) is 24.0 Å². The highest BCUT2D eigenvalue weighted by atomic mass is 16.5. The second kappa shape index (κ2) is 4.19. The first-order chi connectivity index (χ1) is 7.83. The van der Waals surface area contributed by atoms with Crippen LogP contribution in [-0.2, 0) is 4.74 Å². The van der Waals surface area contributed by atoms with Crippen molar-refractivity contribution in [2.24, 2.45) is 5.73 Å². The van der Waals surface area contributed by atoms with Crippen LogP contribution in [-0.4, -0.2) is 12.6 Å². The minimum atomic E-state index is 0.224. The van der Waals surface area contributed by atoms with Gasteiger partial charge in [0.25, 0.3) is 0 Å². The van der Waals surface area contributed by atoms with Crippen LogP contribution in [0.4, 0.5) is 0 Å². The minimum absolute atomic E-state index is 0.224. The summed E-state index contributed by atoms with van der Waals surface area (Å²) in [4.78, 5) is 0. The van der Waals surface area contributed by atoms with E-state index < -0.39 is 0 Å². The van der Waals surface area contributed by atoms with E-state index in [0.29, 0.717) is 6.04 Å². The average Bonchev–Trinajstić information content (AvgIpc) is 3.13. The van der Waals surface area contributed by atoms with Crippen LogP contribution in [0.25, 0.3) is 0 Å². The van der Waals surface area contributed by atoms with Crippen molar-refractivity contribution in [3.8, 4) is 0 Å². The van der Waals surface area contributed by atoms with Crippen LogP contribution in [0.3, 0.4) is 0 Å². The summed E-state index contributed by atoms with van der Waals surface area (Å²) in [6, 6.07) is 9.20. The van der Waals surface area contributed by atoms with Crippen LogP contribution in [0, 0.1) is 0 Å². The highest BCUT2D eigenvalue weighted by molar-refractivity contribution is 5.30. The van der Waals surface area contributed by atoms with E-state index in [9.17, 15) is 0 Å². The summed E-state index contributed by atoms with van der Waals surface area (Å²) in [5, 5.41) is 0. The van der Waals surface area contributed by atoms with Crippen molar-refractivity contribution in [2.45, 2.75) is 43.7 Å². The van der Waals surface area contributed by atoms with Gasteiger partial charge in [0.1, 0.15) is 0 Å². The topological polar surface area (TPSA) is 35.2 Å². The lowest BCUT2D eigenvalue weighted by molar-refractivity contribution is 0.00664. The van der Waals surface area contributed by atoms with E-state index in [4.69, 9.17) is 10.5 Å². The van der Waals surface area contributed by atoms with E-state index in [0.717, 1.165) is 25.4 Å². The minimum Gasteiger partial charge on any atom is -0.373 e. The molecule has 2 fully saturated rings. The van der Waals surface area contributed by atoms with Gasteiger partial charge in [0, 0.05) is 12.6 Å². The van der Waals surface area contributed by atoms with Gasteiger partial charge in [0.2, 0.25) is 0 Å². The first kappa shape index (κ1) is 10.3. The van der Waals surface area contributed by atoms with Crippen molar-refractivity contribution in [2.75, 3.05) is 6.61 Å². The molecule has 2 heteroatoms. The SMILES string of the molecule is NC1CCOC(c2cccc(C3CC3)c2)C1. The van der Waals surface area contributed by atoms with E-state index >= 15 is 0 Å². The third-order valence-corrected chi connectivity index (χ3v) is 3.66. The molecule has 0 radical (unpaired) electrons. The van der Waals surface area contributed by atoms with E-state index in [2.05, 4.69) is 24.3 Å². The lowest BCUT2D eigenvalue weighted by Crippen LogP contribution is -2.30. The van der Waals surface area contributed by atoms with Gasteiger partial charge in [-0.3, -0.25) is 0 Å². The summed E-state index contributed by atoms with van der Waals surface area (Å²) in [6.45, 7) is 0.805. The lowest BCUT2D eigenvalue weighted by atomic mass is 9.96. The fourth-order valence-electron chi connectivity index (χ4n) is 2.48. The third-order valence-electron chi connectivity index (χ3n) is 3.66. The van der Waals surface area contributed by atoms with Gasteiger partial charge in [-0.05, 0) is 42.7 Å². The quantitative estimate of drug-likeness (QED) is 0.826. The zero-order valence-corrected chi connectivity index (χ0v) is 9.56. The summed E-state index contributed by atoms with van der Waals surface area (Å²) >= 11 is 0. The van der Waals surface area contributed by atoms with Crippen LogP contribution in [0.2, 0.25) is 0 Å². The Morgan fingerprint density at radius 3 is 2.69 bits per heavy atom. The van der Waals surface area contributed by atoms with Crippen LogP contribution >= 0.6 is 0 Å². The Labute approximate surface area is 96.8 Å². The standard InChI is InChI=1S/C14H19NO/c15-13-6-7-16-14(9-13)12-3-1-2-11(8-12)10-4-5-10/h1-3,8,10,13-14H,4-7,9,15H2. The Morgan fingerprint density at radius 2 is 1.94 bits per heavy atom. The van der Waals surface area contributed by atoms with Crippen molar-refractivity contribution < 1.29 is 4.74 Å². The highest BCUT2D eigenvalue weighted by Gasteiger charge is 2.26. The summed E-state index contributed by atoms with van der Waals surface area (Å²) in [6.07, 6.45) is 4.90. The van der Waals surface area contributed by atoms with Crippen molar-refractivity contribution in [3.63, 3.8) is 0 Å². The zero-order valence-electron chi connectivity index (χ0n) is 9.56. The molecule has 0 bridgehead atoms. The van der Waals surface area contributed by atoms with Gasteiger partial charge < -0.3 is 10.5 Å². The predicted octanol–water partition coefficient (Wildman–Crippen LogP) is 2.74. The molecule has 2 N–H and O–H groups in total. The molecule has 2 unspecified atom stereocenters. The maximum atomic E-state index is 5.99. The third kappa shape index (κ3) is 2.13. The van der Waals surface area contributed by atoms with Crippen molar-refractivity contribution in [3.05, 3.63) is 35.4 Å². The normalized spacial score (nSPS) is 30.3. The molecule has 3 rings (SSSR count). The number of hydrogen-bond donors (Lipinski definition) is 1. The molecular formula is C14H19NO. The fourth-order valence-corrected chi connectivity index (χ4v) is 2.48. The molecule has 1 saturated carbocycles. The van der Waals surface area contributed by atoms with Crippen molar-refractivity contribution >= 4 is 0 Å². The monoisotopic (exact) mass is 217 g/mol. The number of nitrogens with two attached hydrogens (primary N) is 1. The van der Waals surface area contributed by atoms with Gasteiger partial charge in [0.05, 0.1) is 6.10 Å². The average molecular weight is 217 g/mol. The smallest absolute Gasteiger partial charge is 0.0839 e. The Hall–Kier alpha value is -0.860. The Bertz CT molecular complexity index is 373. The first-order valence-electron chi connectivity index (χ1n) is 6.30. The molecule has 1 saturated heterocycles. The molecule has 1 aromatic carbocycles. The van der Waals surface area contributed by atoms with E-state index in [1.807, 2.05) is 0 Å². The molecule has 86 valence electrons. The Morgan fingerprint density at radius 1 is 1.12 bits per heavy atom. The van der Waals surface area contributed by atoms with E-state index in [1.54, 1.807) is 0 Å². The van der Waals surface area contributed by atoms with Crippen LogP contribution in [0.15, 0.2) is 24.3 Å². The zero-order chi connectivity index (χ0) is 11.0. The largest absolute Gasteiger partial charge is 0.373 e. The molecule has 1 heterocycles. The number of benzene rings is 1. The molecule has 16 heavy (non-hydrogen) atoms. The summed E-state index contributed by atoms with van der Waals surface area (Å²) in [5.41, 5.74) is 8.80. The predicted molar refractivity (Wildman–Crippen MR) is 64.3 cm³/mol. The van der Waals surface area contributed by atoms with Crippen LogP contribution in [0.1, 0.15) is 48.8 Å². The molecule has 0 aromatic heterocycles. The molecule has 2 aliphatic rings. The van der Waals surface area contributed by atoms with Gasteiger partial charge in [0.15, 0.2) is 0 Å². The van der Waals surface area contributed by atoms with Crippen LogP contribution < -0.4 is 5.73 Å². The molecule has 0 amide bonds. The van der Waals surface area contributed by atoms with Crippen LogP contribution in [0.5, 0.6) is 0 Å². The van der Waals surface area contributed by atoms with Crippen molar-refractivity contribution in [1.29, 1.82) is 0 Å². The van der Waals surface area contributed by atoms with Gasteiger partial charge >= 0.3 is 0 Å². The Kier molecular flexibility index (Phi) is 2.70. The van der Waals surface area contributed by atoms with Gasteiger partial charge in [-0.25, -0.2) is 0 Å². The number of rotatable bonds is 2. The molecule has 1 aromatic rings. The van der Waals surface area contributed by atoms with Gasteiger partial charge in [-0.1, -0.05) is 24.3 Å². The molecular weight excluding hydrogens is 198 g/mol. The summed E-state index contributed by atoms with van der Waals surface area (Å²) in [5.74, 6) is 0.817. The second-order valence-electron chi connectivity index (χ2n) is 5.09. The fraction of sp³-hybridized carbons (Fsp3) is 0.571. The molecule has 1 aliphatic carbocycles. The van der Waals surface area contributed by atoms with E-state index in [-0.39, 0.29) is 6.10 Å². The maximum Gasteiger partial charge on any atom is 0.0839 e. The highest BCUT2D eigenvalue weighted by Crippen LogP contribution is 2.41. The summed E-state index contributed by atoms with van der Waals surface area (Å²) < 4.78 is 5.81. The van der Waals surface area contributed by atoms with Crippen molar-refractivity contribution in [1.82, 2.24) is 0 Å². The summed E-state index contributed by atoms with van der Waals surface area (Å²) in [7, 11) is 0. The van der Waals surface area contributed by atoms with Gasteiger partial charge in [-0.15, -0.1) is 0 Å². The molecule has 2 atom stereocenters. The van der Waals surface area contributed by atoms with Gasteiger partial charge in [-0.2, -0.15) is 0 Å². The second-order valence-corrected chi connectivity index (χ2v) is 5.09. The number of hydrogen-bond acceptors (Lipinski definition) is 2. The maximum absolute atomic E-state index is 5.99. The Balaban J connectivity index is 1.79. The molecule has 2 nitrogen and oxygen atoms in total.